The maximum atomic E-state index is 11.6. The summed E-state index contributed by atoms with van der Waals surface area (Å²) in [6.45, 7) is 6.67. The number of anilines is 1. The van der Waals surface area contributed by atoms with Crippen LogP contribution >= 0.6 is 0 Å². The predicted molar refractivity (Wildman–Crippen MR) is 83.6 cm³/mol. The second-order valence-corrected chi connectivity index (χ2v) is 7.25. The molecule has 3 aliphatic rings. The molecule has 1 aliphatic heterocycles. The van der Waals surface area contributed by atoms with Gasteiger partial charge in [0, 0.05) is 11.8 Å². The lowest BCUT2D eigenvalue weighted by atomic mass is 9.70. The van der Waals surface area contributed by atoms with Gasteiger partial charge < -0.3 is 5.32 Å². The van der Waals surface area contributed by atoms with Crippen LogP contribution in [0.25, 0.3) is 0 Å². The Hall–Kier alpha value is -1.97. The number of amides is 1. The van der Waals surface area contributed by atoms with E-state index < -0.39 is 11.7 Å². The zero-order valence-corrected chi connectivity index (χ0v) is 13.2. The molecule has 0 radical (unpaired) electrons. The minimum Gasteiger partial charge on any atom is -0.318 e. The van der Waals surface area contributed by atoms with Gasteiger partial charge in [0.05, 0.1) is 11.3 Å². The molecule has 0 spiro atoms. The van der Waals surface area contributed by atoms with Crippen LogP contribution in [0.1, 0.15) is 50.4 Å². The van der Waals surface area contributed by atoms with Crippen molar-refractivity contribution < 1.29 is 14.4 Å². The number of fused-ring (bicyclic) bond motifs is 3. The van der Waals surface area contributed by atoms with E-state index in [1.165, 1.54) is 6.42 Å². The van der Waals surface area contributed by atoms with Crippen molar-refractivity contribution in [3.63, 3.8) is 0 Å². The largest absolute Gasteiger partial charge is 0.318 e. The molecule has 4 nitrogen and oxygen atoms in total. The van der Waals surface area contributed by atoms with E-state index >= 15 is 0 Å². The quantitative estimate of drug-likeness (QED) is 0.748. The summed E-state index contributed by atoms with van der Waals surface area (Å²) in [6.07, 6.45) is 3.25. The van der Waals surface area contributed by atoms with Gasteiger partial charge in [-0.25, -0.2) is 0 Å². The normalized spacial score (nSPS) is 30.7. The molecule has 22 heavy (non-hydrogen) atoms. The number of hydrogen-bond acceptors (Lipinski definition) is 3. The van der Waals surface area contributed by atoms with Crippen molar-refractivity contribution in [3.8, 4) is 0 Å². The second kappa shape index (κ2) is 4.77. The average Bonchev–Trinajstić information content (AvgIpc) is 2.95. The van der Waals surface area contributed by atoms with Gasteiger partial charge in [-0.1, -0.05) is 32.9 Å². The second-order valence-electron chi connectivity index (χ2n) is 7.25. The van der Waals surface area contributed by atoms with Crippen molar-refractivity contribution in [1.29, 1.82) is 0 Å². The van der Waals surface area contributed by atoms with Gasteiger partial charge in [-0.3, -0.25) is 14.4 Å². The molecule has 1 amide bonds. The Bertz CT molecular complexity index is 677. The Kier molecular flexibility index (Phi) is 3.24. The molecular weight excluding hydrogens is 278 g/mol. The molecule has 1 aromatic rings. The first-order valence-electron chi connectivity index (χ1n) is 7.75. The van der Waals surface area contributed by atoms with Gasteiger partial charge in [0.25, 0.3) is 11.7 Å². The highest BCUT2D eigenvalue weighted by atomic mass is 16.2. The molecule has 2 bridgehead atoms. The zero-order chi connectivity index (χ0) is 16.1. The number of rotatable bonds is 0. The fourth-order valence-corrected chi connectivity index (χ4v) is 3.99. The topological polar surface area (TPSA) is 63.2 Å². The van der Waals surface area contributed by atoms with Gasteiger partial charge in [-0.15, -0.1) is 0 Å². The highest BCUT2D eigenvalue weighted by molar-refractivity contribution is 6.51. The van der Waals surface area contributed by atoms with Crippen LogP contribution in [0.5, 0.6) is 0 Å². The molecule has 2 aliphatic carbocycles. The van der Waals surface area contributed by atoms with Gasteiger partial charge >= 0.3 is 0 Å². The van der Waals surface area contributed by atoms with E-state index in [1.54, 1.807) is 24.3 Å². The molecule has 4 heteroatoms. The van der Waals surface area contributed by atoms with E-state index in [2.05, 4.69) is 26.1 Å². The minimum atomic E-state index is -0.536. The standard InChI is InChI=1S/C10H16O.C8H5NO2/c1-9(2)7-4-5-10(9,3)8(11)6-7;10-7-5-3-1-2-4-6(5)9-8(7)11/h7H,4-6H2,1-3H3;1-4H,(H,9,10,11). The van der Waals surface area contributed by atoms with Crippen LogP contribution in [0, 0.1) is 16.7 Å². The van der Waals surface area contributed by atoms with E-state index in [9.17, 15) is 14.4 Å². The first-order valence-corrected chi connectivity index (χ1v) is 7.75. The Balaban J connectivity index is 0.000000131. The maximum absolute atomic E-state index is 11.6. The summed E-state index contributed by atoms with van der Waals surface area (Å²) in [6, 6.07) is 6.85. The third-order valence-corrected chi connectivity index (χ3v) is 6.11. The van der Waals surface area contributed by atoms with Crippen molar-refractivity contribution in [2.75, 3.05) is 5.32 Å². The fraction of sp³-hybridized carbons (Fsp3) is 0.500. The molecule has 1 N–H and O–H groups in total. The first-order chi connectivity index (χ1) is 10.3. The summed E-state index contributed by atoms with van der Waals surface area (Å²) < 4.78 is 0. The van der Waals surface area contributed by atoms with E-state index in [1.807, 2.05) is 0 Å². The Labute approximate surface area is 130 Å². The average molecular weight is 299 g/mol. The smallest absolute Gasteiger partial charge is 0.296 e. The van der Waals surface area contributed by atoms with Crippen LogP contribution in [0.2, 0.25) is 0 Å². The molecule has 0 saturated heterocycles. The number of carbonyl (C=O) groups excluding carboxylic acids is 3. The van der Waals surface area contributed by atoms with E-state index in [0.717, 1.165) is 12.8 Å². The first kappa shape index (κ1) is 14.9. The van der Waals surface area contributed by atoms with Crippen LogP contribution in [0.3, 0.4) is 0 Å². The number of hydrogen-bond donors (Lipinski definition) is 1. The fourth-order valence-electron chi connectivity index (χ4n) is 3.99. The molecule has 4 rings (SSSR count). The molecule has 2 atom stereocenters. The molecule has 1 heterocycles. The monoisotopic (exact) mass is 299 g/mol. The van der Waals surface area contributed by atoms with E-state index in [4.69, 9.17) is 0 Å². The third kappa shape index (κ3) is 1.93. The Morgan fingerprint density at radius 3 is 2.23 bits per heavy atom. The summed E-state index contributed by atoms with van der Waals surface area (Å²) in [4.78, 5) is 33.3. The Morgan fingerprint density at radius 2 is 1.77 bits per heavy atom. The third-order valence-electron chi connectivity index (χ3n) is 6.11. The predicted octanol–water partition coefficient (Wildman–Crippen LogP) is 3.22. The van der Waals surface area contributed by atoms with Crippen LogP contribution in [-0.4, -0.2) is 17.5 Å². The van der Waals surface area contributed by atoms with Crippen LogP contribution in [0.4, 0.5) is 5.69 Å². The number of benzene rings is 1. The number of carbonyl (C=O) groups is 3. The summed E-state index contributed by atoms with van der Waals surface area (Å²) in [7, 11) is 0. The SMILES string of the molecule is CC12CCC(CC1=O)C2(C)C.O=C1Nc2ccccc2C1=O. The summed E-state index contributed by atoms with van der Waals surface area (Å²) >= 11 is 0. The molecule has 2 fully saturated rings. The number of para-hydroxylation sites is 1. The minimum absolute atomic E-state index is 0.0255. The molecule has 0 aromatic heterocycles. The van der Waals surface area contributed by atoms with E-state index in [0.29, 0.717) is 23.0 Å². The summed E-state index contributed by atoms with van der Waals surface area (Å²) in [5, 5.41) is 2.46. The summed E-state index contributed by atoms with van der Waals surface area (Å²) in [5.41, 5.74) is 1.39. The molecule has 2 unspecified atom stereocenters. The lowest BCUT2D eigenvalue weighted by Crippen LogP contribution is -2.32. The molecule has 2 saturated carbocycles. The van der Waals surface area contributed by atoms with Crippen LogP contribution in [-0.2, 0) is 9.59 Å². The zero-order valence-electron chi connectivity index (χ0n) is 13.2. The highest BCUT2D eigenvalue weighted by Gasteiger charge is 2.61. The molecular formula is C18H21NO3. The van der Waals surface area contributed by atoms with Crippen molar-refractivity contribution in [2.45, 2.75) is 40.0 Å². The van der Waals surface area contributed by atoms with Crippen molar-refractivity contribution in [3.05, 3.63) is 29.8 Å². The van der Waals surface area contributed by atoms with Gasteiger partial charge in [0.15, 0.2) is 0 Å². The lowest BCUT2D eigenvalue weighted by molar-refractivity contribution is -0.128. The van der Waals surface area contributed by atoms with Crippen molar-refractivity contribution >= 4 is 23.2 Å². The van der Waals surface area contributed by atoms with Crippen molar-refractivity contribution in [2.24, 2.45) is 16.7 Å². The highest BCUT2D eigenvalue weighted by Crippen LogP contribution is 2.63. The lowest BCUT2D eigenvalue weighted by Gasteiger charge is -2.32. The van der Waals surface area contributed by atoms with Crippen LogP contribution < -0.4 is 5.32 Å². The molecule has 116 valence electrons. The van der Waals surface area contributed by atoms with Crippen LogP contribution in [0.15, 0.2) is 24.3 Å². The number of nitrogens with one attached hydrogen (secondary N) is 1. The summed E-state index contributed by atoms with van der Waals surface area (Å²) in [5.74, 6) is 0.213. The van der Waals surface area contributed by atoms with Gasteiger partial charge in [-0.2, -0.15) is 0 Å². The van der Waals surface area contributed by atoms with Gasteiger partial charge in [0.2, 0.25) is 0 Å². The molecule has 1 aromatic carbocycles. The Morgan fingerprint density at radius 1 is 1.09 bits per heavy atom. The van der Waals surface area contributed by atoms with E-state index in [-0.39, 0.29) is 10.8 Å². The van der Waals surface area contributed by atoms with Gasteiger partial charge in [0.1, 0.15) is 5.78 Å². The maximum Gasteiger partial charge on any atom is 0.296 e. The van der Waals surface area contributed by atoms with Crippen molar-refractivity contribution in [1.82, 2.24) is 0 Å². The van der Waals surface area contributed by atoms with Gasteiger partial charge in [-0.05, 0) is 36.3 Å². The number of Topliss-reactive ketones (excluding diaryl/α,β-unsaturated/α-hetero) is 2. The number of ketones is 2.